The van der Waals surface area contributed by atoms with Gasteiger partial charge in [-0.25, -0.2) is 0 Å². The third kappa shape index (κ3) is 4.35. The molecule has 5 aliphatic rings. The van der Waals surface area contributed by atoms with E-state index in [2.05, 4.69) is 245 Å². The summed E-state index contributed by atoms with van der Waals surface area (Å²) in [7, 11) is 0. The summed E-state index contributed by atoms with van der Waals surface area (Å²) >= 11 is 0. The summed E-state index contributed by atoms with van der Waals surface area (Å²) in [6.07, 6.45) is 0. The minimum Gasteiger partial charge on any atom is -0.311 e. The fourth-order valence-corrected chi connectivity index (χ4v) is 13.9. The average Bonchev–Trinajstić information content (AvgIpc) is 3.83. The molecule has 3 nitrogen and oxygen atoms in total. The van der Waals surface area contributed by atoms with Crippen LogP contribution in [-0.4, -0.2) is 11.3 Å². The molecule has 0 amide bonds. The highest BCUT2D eigenvalue weighted by Gasteiger charge is 2.70. The molecule has 310 valence electrons. The molecule has 3 atom stereocenters. The van der Waals surface area contributed by atoms with Crippen LogP contribution in [0.15, 0.2) is 231 Å². The predicted molar refractivity (Wildman–Crippen MR) is 278 cm³/mol. The molecule has 3 aliphatic carbocycles. The van der Waals surface area contributed by atoms with Gasteiger partial charge in [-0.1, -0.05) is 164 Å². The molecule has 4 heteroatoms. The Bertz CT molecular complexity index is 3760. The molecule has 0 bridgehead atoms. The number of hydrogen-bond donors (Lipinski definition) is 0. The van der Waals surface area contributed by atoms with E-state index in [0.717, 1.165) is 11.4 Å². The fraction of sp³-hybridized carbons (Fsp3) is 0.0476. The van der Waals surface area contributed by atoms with Crippen molar-refractivity contribution in [2.24, 2.45) is 0 Å². The number of fused-ring (bicyclic) bond motifs is 14. The van der Waals surface area contributed by atoms with Crippen molar-refractivity contribution in [1.29, 1.82) is 0 Å². The highest BCUT2D eigenvalue weighted by Crippen LogP contribution is 2.78. The summed E-state index contributed by atoms with van der Waals surface area (Å²) in [5.41, 5.74) is 26.3. The van der Waals surface area contributed by atoms with Gasteiger partial charge in [0.05, 0.1) is 16.7 Å². The van der Waals surface area contributed by atoms with Gasteiger partial charge in [0.1, 0.15) is 0 Å². The third-order valence-corrected chi connectivity index (χ3v) is 16.2. The third-order valence-electron chi connectivity index (χ3n) is 16.2. The van der Waals surface area contributed by atoms with Gasteiger partial charge in [-0.05, 0) is 128 Å². The lowest BCUT2D eigenvalue weighted by Gasteiger charge is -2.59. The van der Waals surface area contributed by atoms with Crippen LogP contribution < -0.4 is 26.2 Å². The lowest BCUT2D eigenvalue weighted by molar-refractivity contribution is 0.333. The standard InChI is InChI=1S/C63H40BN3/c1-3-19-40(20-4-1)65-53-34-15-11-30-49(53)64-50-31-12-16-35-54(50)66(41-21-5-2-6-22-41)57-38-39(37-56(65)62(57)64)42-26-17-29-48-58(42)61-46-27-18-36-55(59(46)60-45-25-7-10-28-47(45)63(48,60)61)67-51-32-13-8-23-43(51)44-24-9-14-33-52(44)67/h1-38,60-61H. The van der Waals surface area contributed by atoms with Crippen LogP contribution in [0, 0.1) is 0 Å². The van der Waals surface area contributed by atoms with Crippen LogP contribution >= 0.6 is 0 Å². The van der Waals surface area contributed by atoms with E-state index >= 15 is 0 Å². The summed E-state index contributed by atoms with van der Waals surface area (Å²) in [5, 5.41) is 2.59. The molecule has 0 radical (unpaired) electrons. The molecule has 10 aromatic carbocycles. The Morgan fingerprint density at radius 2 is 0.866 bits per heavy atom. The topological polar surface area (TPSA) is 11.4 Å². The Morgan fingerprint density at radius 3 is 1.52 bits per heavy atom. The Balaban J connectivity index is 0.978. The number of benzene rings is 10. The summed E-state index contributed by atoms with van der Waals surface area (Å²) in [6, 6.07) is 86.8. The molecule has 0 fully saturated rings. The van der Waals surface area contributed by atoms with Crippen molar-refractivity contribution in [2.45, 2.75) is 17.3 Å². The maximum atomic E-state index is 2.56. The first-order valence-corrected chi connectivity index (χ1v) is 23.7. The van der Waals surface area contributed by atoms with E-state index in [1.54, 1.807) is 0 Å². The average molecular weight is 850 g/mol. The lowest BCUT2D eigenvalue weighted by atomic mass is 9.33. The monoisotopic (exact) mass is 849 g/mol. The molecule has 2 aliphatic heterocycles. The Labute approximate surface area is 389 Å². The molecular formula is C63H40BN3. The van der Waals surface area contributed by atoms with Gasteiger partial charge in [-0.2, -0.15) is 0 Å². The second kappa shape index (κ2) is 12.9. The number of hydrogen-bond acceptors (Lipinski definition) is 2. The van der Waals surface area contributed by atoms with Gasteiger partial charge < -0.3 is 14.4 Å². The number of anilines is 6. The zero-order valence-electron chi connectivity index (χ0n) is 36.5. The van der Waals surface area contributed by atoms with Crippen LogP contribution in [-0.2, 0) is 5.41 Å². The van der Waals surface area contributed by atoms with E-state index < -0.39 is 0 Å². The molecule has 1 aromatic heterocycles. The van der Waals surface area contributed by atoms with Crippen molar-refractivity contribution in [1.82, 2.24) is 4.57 Å². The minimum absolute atomic E-state index is 0.0709. The van der Waals surface area contributed by atoms with Gasteiger partial charge in [-0.3, -0.25) is 0 Å². The van der Waals surface area contributed by atoms with Crippen molar-refractivity contribution < 1.29 is 0 Å². The summed E-state index contributed by atoms with van der Waals surface area (Å²) in [4.78, 5) is 5.06. The van der Waals surface area contributed by atoms with Gasteiger partial charge in [0, 0.05) is 62.1 Å². The van der Waals surface area contributed by atoms with E-state index in [1.165, 1.54) is 111 Å². The molecule has 67 heavy (non-hydrogen) atoms. The predicted octanol–water partition coefficient (Wildman–Crippen LogP) is 13.4. The number of rotatable bonds is 4. The molecule has 16 rings (SSSR count). The molecule has 0 saturated heterocycles. The first-order valence-electron chi connectivity index (χ1n) is 23.7. The smallest absolute Gasteiger partial charge is 0.252 e. The Hall–Kier alpha value is -8.34. The second-order valence-electron chi connectivity index (χ2n) is 19.1. The highest BCUT2D eigenvalue weighted by atomic mass is 15.2. The van der Waals surface area contributed by atoms with Crippen LogP contribution in [0.2, 0.25) is 0 Å². The van der Waals surface area contributed by atoms with Crippen molar-refractivity contribution in [3.05, 3.63) is 264 Å². The first-order chi connectivity index (χ1) is 33.3. The van der Waals surface area contributed by atoms with Gasteiger partial charge in [0.2, 0.25) is 0 Å². The maximum absolute atomic E-state index is 2.56. The minimum atomic E-state index is -0.128. The van der Waals surface area contributed by atoms with E-state index in [-0.39, 0.29) is 24.0 Å². The van der Waals surface area contributed by atoms with Gasteiger partial charge in [0.15, 0.2) is 0 Å². The number of para-hydroxylation sites is 6. The van der Waals surface area contributed by atoms with Crippen LogP contribution in [0.3, 0.4) is 0 Å². The van der Waals surface area contributed by atoms with Crippen LogP contribution in [0.5, 0.6) is 0 Å². The van der Waals surface area contributed by atoms with Crippen LogP contribution in [0.1, 0.15) is 45.2 Å². The van der Waals surface area contributed by atoms with E-state index in [1.807, 2.05) is 0 Å². The van der Waals surface area contributed by atoms with Crippen molar-refractivity contribution in [3.8, 4) is 16.8 Å². The van der Waals surface area contributed by atoms with Crippen LogP contribution in [0.4, 0.5) is 34.1 Å². The normalized spacial score (nSPS) is 18.4. The number of aromatic nitrogens is 1. The zero-order chi connectivity index (χ0) is 43.5. The summed E-state index contributed by atoms with van der Waals surface area (Å²) in [5.74, 6) is 0.460. The van der Waals surface area contributed by atoms with E-state index in [4.69, 9.17) is 0 Å². The summed E-state index contributed by atoms with van der Waals surface area (Å²) in [6.45, 7) is 0.0709. The zero-order valence-corrected chi connectivity index (χ0v) is 36.5. The molecule has 11 aromatic rings. The van der Waals surface area contributed by atoms with E-state index in [9.17, 15) is 0 Å². The Kier molecular flexibility index (Phi) is 6.94. The fourth-order valence-electron chi connectivity index (χ4n) is 13.9. The highest BCUT2D eigenvalue weighted by molar-refractivity contribution is 7.00. The SMILES string of the molecule is c1ccc(N2c3ccccc3B3c4ccccc4N(c4ccccc4)c4cc(-c5cccc6c5C5c7cccc(-n8c9ccccc9c9ccccc98)c7C7c8ccccc8C675)cc2c43)cc1. The van der Waals surface area contributed by atoms with Gasteiger partial charge in [0.25, 0.3) is 6.71 Å². The first kappa shape index (κ1) is 35.9. The molecule has 0 N–H and O–H groups in total. The molecule has 1 spiro atoms. The maximum Gasteiger partial charge on any atom is 0.252 e. The Morgan fingerprint density at radius 1 is 0.373 bits per heavy atom. The molecular weight excluding hydrogens is 810 g/mol. The van der Waals surface area contributed by atoms with Crippen molar-refractivity contribution >= 4 is 79.0 Å². The van der Waals surface area contributed by atoms with Crippen molar-refractivity contribution in [3.63, 3.8) is 0 Å². The summed E-state index contributed by atoms with van der Waals surface area (Å²) < 4.78 is 2.56. The number of nitrogens with zero attached hydrogens (tertiary/aromatic N) is 3. The lowest BCUT2D eigenvalue weighted by Crippen LogP contribution is -2.61. The van der Waals surface area contributed by atoms with Gasteiger partial charge in [-0.15, -0.1) is 0 Å². The quantitative estimate of drug-likeness (QED) is 0.163. The van der Waals surface area contributed by atoms with E-state index in [0.29, 0.717) is 0 Å². The van der Waals surface area contributed by atoms with Gasteiger partial charge >= 0.3 is 0 Å². The van der Waals surface area contributed by atoms with Crippen molar-refractivity contribution in [2.75, 3.05) is 9.80 Å². The largest absolute Gasteiger partial charge is 0.311 e. The molecule has 0 saturated carbocycles. The molecule has 3 unspecified atom stereocenters. The second-order valence-corrected chi connectivity index (χ2v) is 19.1. The van der Waals surface area contributed by atoms with Crippen LogP contribution in [0.25, 0.3) is 38.6 Å². The molecule has 3 heterocycles.